The van der Waals surface area contributed by atoms with E-state index in [1.165, 1.54) is 24.9 Å². The van der Waals surface area contributed by atoms with Crippen molar-refractivity contribution in [3.63, 3.8) is 0 Å². The fraction of sp³-hybridized carbons (Fsp3) is 0.296. The fourth-order valence-corrected chi connectivity index (χ4v) is 4.16. The summed E-state index contributed by atoms with van der Waals surface area (Å²) in [6, 6.07) is 15.1. The van der Waals surface area contributed by atoms with E-state index in [1.807, 2.05) is 12.1 Å². The van der Waals surface area contributed by atoms with Crippen molar-refractivity contribution in [3.05, 3.63) is 72.9 Å². The van der Waals surface area contributed by atoms with Crippen LogP contribution in [0.25, 0.3) is 0 Å². The van der Waals surface area contributed by atoms with E-state index in [9.17, 15) is 9.18 Å². The number of carbonyl (C=O) groups is 1. The number of aromatic nitrogens is 2. The summed E-state index contributed by atoms with van der Waals surface area (Å²) in [5.41, 5.74) is 2.65. The van der Waals surface area contributed by atoms with Crippen LogP contribution in [0.4, 0.5) is 21.7 Å². The second kappa shape index (κ2) is 12.1. The third-order valence-corrected chi connectivity index (χ3v) is 5.95. The summed E-state index contributed by atoms with van der Waals surface area (Å²) < 4.78 is 23.9. The number of anilines is 3. The molecule has 1 saturated heterocycles. The van der Waals surface area contributed by atoms with Gasteiger partial charge in [-0.25, -0.2) is 9.37 Å². The Bertz CT molecular complexity index is 1190. The average Bonchev–Trinajstić information content (AvgIpc) is 3.32. The number of hydrogen-bond donors (Lipinski definition) is 2. The highest BCUT2D eigenvalue weighted by Crippen LogP contribution is 2.31. The number of halogens is 1. The Labute approximate surface area is 210 Å². The first-order valence-corrected chi connectivity index (χ1v) is 11.8. The number of alkyl halides is 1. The summed E-state index contributed by atoms with van der Waals surface area (Å²) in [7, 11) is 1.51. The average molecular weight is 492 g/mol. The van der Waals surface area contributed by atoms with Gasteiger partial charge < -0.3 is 25.0 Å². The Hall–Kier alpha value is -3.98. The Morgan fingerprint density at radius 2 is 2.08 bits per heavy atom. The molecule has 1 atom stereocenters. The maximum absolute atomic E-state index is 12.6. The Kier molecular flexibility index (Phi) is 8.46. The zero-order valence-corrected chi connectivity index (χ0v) is 20.2. The summed E-state index contributed by atoms with van der Waals surface area (Å²) in [6.45, 7) is 5.63. The Morgan fingerprint density at radius 1 is 1.25 bits per heavy atom. The summed E-state index contributed by atoms with van der Waals surface area (Å²) in [6.07, 6.45) is 4.81. The number of ether oxygens (including phenoxy) is 2. The normalized spacial score (nSPS) is 15.3. The standard InChI is InChI=1S/C27H30FN5O3/c1-3-25(34)30-22-5-4-6-23(16-22)36-26-24(35-2)17-29-27(32-26)31-21-9-7-19(8-10-21)15-20-11-13-33(18-20)14-12-28/h3-10,16-17,20H,1,11-15,18H2,2H3,(H,30,34)(H,29,31,32)/t20-/m1/s1. The van der Waals surface area contributed by atoms with Crippen molar-refractivity contribution in [1.82, 2.24) is 14.9 Å². The monoisotopic (exact) mass is 491 g/mol. The van der Waals surface area contributed by atoms with Gasteiger partial charge in [0.1, 0.15) is 12.4 Å². The van der Waals surface area contributed by atoms with Crippen molar-refractivity contribution in [2.45, 2.75) is 12.8 Å². The van der Waals surface area contributed by atoms with E-state index >= 15 is 0 Å². The maximum atomic E-state index is 12.6. The van der Waals surface area contributed by atoms with Gasteiger partial charge in [-0.15, -0.1) is 0 Å². The first-order chi connectivity index (χ1) is 17.6. The minimum absolute atomic E-state index is 0.234. The topological polar surface area (TPSA) is 88.6 Å². The van der Waals surface area contributed by atoms with Crippen LogP contribution in [0.2, 0.25) is 0 Å². The molecule has 0 unspecified atom stereocenters. The molecule has 3 aromatic rings. The number of amides is 1. The third-order valence-electron chi connectivity index (χ3n) is 5.95. The van der Waals surface area contributed by atoms with Crippen molar-refractivity contribution in [1.29, 1.82) is 0 Å². The molecule has 8 nitrogen and oxygen atoms in total. The van der Waals surface area contributed by atoms with Crippen LogP contribution in [-0.2, 0) is 11.2 Å². The van der Waals surface area contributed by atoms with Crippen molar-refractivity contribution < 1.29 is 18.7 Å². The minimum atomic E-state index is -0.314. The van der Waals surface area contributed by atoms with Gasteiger partial charge in [-0.05, 0) is 61.2 Å². The number of rotatable bonds is 11. The second-order valence-corrected chi connectivity index (χ2v) is 8.56. The van der Waals surface area contributed by atoms with E-state index < -0.39 is 0 Å². The molecule has 2 N–H and O–H groups in total. The highest BCUT2D eigenvalue weighted by Gasteiger charge is 2.22. The van der Waals surface area contributed by atoms with E-state index in [-0.39, 0.29) is 18.5 Å². The zero-order valence-electron chi connectivity index (χ0n) is 20.2. The molecule has 0 radical (unpaired) electrons. The predicted molar refractivity (Wildman–Crippen MR) is 138 cm³/mol. The molecule has 36 heavy (non-hydrogen) atoms. The van der Waals surface area contributed by atoms with Crippen molar-refractivity contribution >= 4 is 23.2 Å². The van der Waals surface area contributed by atoms with Crippen LogP contribution in [-0.4, -0.2) is 54.2 Å². The van der Waals surface area contributed by atoms with Gasteiger partial charge in [-0.1, -0.05) is 24.8 Å². The highest BCUT2D eigenvalue weighted by molar-refractivity contribution is 5.98. The van der Waals surface area contributed by atoms with Gasteiger partial charge in [0.15, 0.2) is 5.75 Å². The lowest BCUT2D eigenvalue weighted by Crippen LogP contribution is -2.23. The number of methoxy groups -OCH3 is 1. The molecule has 2 aromatic carbocycles. The van der Waals surface area contributed by atoms with Gasteiger partial charge >= 0.3 is 0 Å². The third kappa shape index (κ3) is 6.79. The molecule has 1 aliphatic heterocycles. The molecular formula is C27H30FN5O3. The van der Waals surface area contributed by atoms with Gasteiger partial charge in [-0.3, -0.25) is 4.79 Å². The summed E-state index contributed by atoms with van der Waals surface area (Å²) in [5, 5.41) is 5.89. The van der Waals surface area contributed by atoms with E-state index in [0.717, 1.165) is 31.6 Å². The quantitative estimate of drug-likeness (QED) is 0.366. The van der Waals surface area contributed by atoms with E-state index in [4.69, 9.17) is 9.47 Å². The van der Waals surface area contributed by atoms with Crippen molar-refractivity contribution in [2.24, 2.45) is 5.92 Å². The molecule has 4 rings (SSSR count). The minimum Gasteiger partial charge on any atom is -0.490 e. The Morgan fingerprint density at radius 3 is 2.83 bits per heavy atom. The largest absolute Gasteiger partial charge is 0.490 e. The molecule has 1 aliphatic rings. The maximum Gasteiger partial charge on any atom is 0.267 e. The van der Waals surface area contributed by atoms with Crippen LogP contribution in [0, 0.1) is 5.92 Å². The van der Waals surface area contributed by atoms with Crippen LogP contribution in [0.1, 0.15) is 12.0 Å². The molecule has 2 heterocycles. The van der Waals surface area contributed by atoms with Crippen LogP contribution in [0.3, 0.4) is 0 Å². The summed E-state index contributed by atoms with van der Waals surface area (Å²) in [5.74, 6) is 1.68. The van der Waals surface area contributed by atoms with Crippen molar-refractivity contribution in [2.75, 3.05) is 44.1 Å². The number of benzene rings is 2. The van der Waals surface area contributed by atoms with Gasteiger partial charge in [-0.2, -0.15) is 4.98 Å². The number of nitrogens with zero attached hydrogens (tertiary/aromatic N) is 3. The van der Waals surface area contributed by atoms with E-state index in [0.29, 0.717) is 35.6 Å². The van der Waals surface area contributed by atoms with Gasteiger partial charge in [0.25, 0.3) is 5.88 Å². The van der Waals surface area contributed by atoms with E-state index in [2.05, 4.69) is 44.2 Å². The zero-order chi connectivity index (χ0) is 25.3. The predicted octanol–water partition coefficient (Wildman–Crippen LogP) is 4.98. The summed E-state index contributed by atoms with van der Waals surface area (Å²) >= 11 is 0. The van der Waals surface area contributed by atoms with Crippen LogP contribution in [0.5, 0.6) is 17.4 Å². The first kappa shape index (κ1) is 25.1. The van der Waals surface area contributed by atoms with Crippen molar-refractivity contribution in [3.8, 4) is 17.4 Å². The first-order valence-electron chi connectivity index (χ1n) is 11.8. The van der Waals surface area contributed by atoms with Crippen LogP contribution in [0.15, 0.2) is 67.4 Å². The van der Waals surface area contributed by atoms with Gasteiger partial charge in [0, 0.05) is 30.5 Å². The fourth-order valence-electron chi connectivity index (χ4n) is 4.16. The van der Waals surface area contributed by atoms with E-state index in [1.54, 1.807) is 24.3 Å². The second-order valence-electron chi connectivity index (χ2n) is 8.56. The molecule has 9 heteroatoms. The highest BCUT2D eigenvalue weighted by atomic mass is 19.1. The van der Waals surface area contributed by atoms with Crippen LogP contribution < -0.4 is 20.1 Å². The molecule has 0 spiro atoms. The number of carbonyl (C=O) groups excluding carboxylic acids is 1. The molecule has 0 bridgehead atoms. The molecule has 1 aromatic heterocycles. The number of nitrogens with one attached hydrogen (secondary N) is 2. The summed E-state index contributed by atoms with van der Waals surface area (Å²) in [4.78, 5) is 22.5. The Balaban J connectivity index is 1.41. The lowest BCUT2D eigenvalue weighted by Gasteiger charge is -2.14. The number of likely N-dealkylation sites (tertiary alicyclic amines) is 1. The molecule has 188 valence electrons. The molecule has 0 aliphatic carbocycles. The molecule has 1 fully saturated rings. The smallest absolute Gasteiger partial charge is 0.267 e. The lowest BCUT2D eigenvalue weighted by atomic mass is 9.98. The SMILES string of the molecule is C=CC(=O)Nc1cccc(Oc2nc(Nc3ccc(C[C@H]4CCN(CCF)C4)cc3)ncc2OC)c1. The molecule has 1 amide bonds. The van der Waals surface area contributed by atoms with Crippen LogP contribution >= 0.6 is 0 Å². The molecule has 0 saturated carbocycles. The van der Waals surface area contributed by atoms with Gasteiger partial charge in [0.2, 0.25) is 11.9 Å². The molecular weight excluding hydrogens is 461 g/mol. The lowest BCUT2D eigenvalue weighted by molar-refractivity contribution is -0.111. The van der Waals surface area contributed by atoms with Gasteiger partial charge in [0.05, 0.1) is 13.3 Å². The number of hydrogen-bond acceptors (Lipinski definition) is 7.